The Morgan fingerprint density at radius 3 is 2.76 bits per heavy atom. The fourth-order valence-electron chi connectivity index (χ4n) is 1.77. The maximum atomic E-state index is 11.7. The van der Waals surface area contributed by atoms with Crippen molar-refractivity contribution in [3.63, 3.8) is 0 Å². The molecule has 1 aliphatic heterocycles. The van der Waals surface area contributed by atoms with E-state index < -0.39 is 24.2 Å². The van der Waals surface area contributed by atoms with Crippen LogP contribution in [0.25, 0.3) is 0 Å². The van der Waals surface area contributed by atoms with Gasteiger partial charge in [-0.25, -0.2) is 9.59 Å². The third kappa shape index (κ3) is 3.33. The summed E-state index contributed by atoms with van der Waals surface area (Å²) in [5, 5.41) is 9.63. The minimum absolute atomic E-state index is 0.311. The summed E-state index contributed by atoms with van der Waals surface area (Å²) in [7, 11) is 1.23. The monoisotopic (exact) mass is 245 g/mol. The molecule has 1 aliphatic rings. The van der Waals surface area contributed by atoms with Crippen molar-refractivity contribution in [3.05, 3.63) is 0 Å². The Morgan fingerprint density at radius 2 is 2.18 bits per heavy atom. The van der Waals surface area contributed by atoms with Gasteiger partial charge >= 0.3 is 12.1 Å². The number of amides is 1. The highest BCUT2D eigenvalue weighted by molar-refractivity contribution is 5.82. The second-order valence-electron chi connectivity index (χ2n) is 3.99. The van der Waals surface area contributed by atoms with Crippen LogP contribution in [0.4, 0.5) is 4.79 Å². The highest BCUT2D eigenvalue weighted by atomic mass is 16.6. The van der Waals surface area contributed by atoms with Crippen molar-refractivity contribution in [3.8, 4) is 0 Å². The average Bonchev–Trinajstić information content (AvgIpc) is 2.70. The Hall–Kier alpha value is -1.30. The number of rotatable bonds is 4. The van der Waals surface area contributed by atoms with Gasteiger partial charge in [-0.2, -0.15) is 0 Å². The van der Waals surface area contributed by atoms with Crippen molar-refractivity contribution in [2.75, 3.05) is 20.3 Å². The van der Waals surface area contributed by atoms with Crippen LogP contribution in [-0.2, 0) is 14.3 Å². The molecule has 2 atom stereocenters. The lowest BCUT2D eigenvalue weighted by Gasteiger charge is -2.23. The van der Waals surface area contributed by atoms with Gasteiger partial charge in [0.25, 0.3) is 0 Å². The Bertz CT molecular complexity index is 281. The summed E-state index contributed by atoms with van der Waals surface area (Å²) in [5.74, 6) is -0.609. The first-order chi connectivity index (χ1) is 8.11. The van der Waals surface area contributed by atoms with E-state index in [0.717, 1.165) is 12.8 Å². The molecule has 6 nitrogen and oxygen atoms in total. The molecule has 0 spiro atoms. The molecule has 0 aliphatic carbocycles. The van der Waals surface area contributed by atoms with Gasteiger partial charge in [0.15, 0.2) is 6.04 Å². The van der Waals surface area contributed by atoms with Gasteiger partial charge in [-0.05, 0) is 12.8 Å². The van der Waals surface area contributed by atoms with Gasteiger partial charge in [-0.15, -0.1) is 0 Å². The van der Waals surface area contributed by atoms with Gasteiger partial charge in [0, 0.05) is 6.54 Å². The summed E-state index contributed by atoms with van der Waals surface area (Å²) >= 11 is 0. The van der Waals surface area contributed by atoms with Gasteiger partial charge in [0.05, 0.1) is 19.8 Å². The molecule has 1 rings (SSSR count). The zero-order valence-electron chi connectivity index (χ0n) is 10.2. The van der Waals surface area contributed by atoms with E-state index in [1.165, 1.54) is 12.0 Å². The largest absolute Gasteiger partial charge is 0.467 e. The SMILES string of the molecule is CCCCOC(=O)N1CCC(O)C1C(=O)OC. The lowest BCUT2D eigenvalue weighted by atomic mass is 10.2. The van der Waals surface area contributed by atoms with E-state index in [0.29, 0.717) is 19.6 Å². The van der Waals surface area contributed by atoms with E-state index in [1.807, 2.05) is 6.92 Å². The van der Waals surface area contributed by atoms with Crippen molar-refractivity contribution in [2.45, 2.75) is 38.3 Å². The smallest absolute Gasteiger partial charge is 0.410 e. The molecule has 0 saturated carbocycles. The van der Waals surface area contributed by atoms with Crippen molar-refractivity contribution >= 4 is 12.1 Å². The number of aliphatic hydroxyl groups is 1. The number of likely N-dealkylation sites (tertiary alicyclic amines) is 1. The number of aliphatic hydroxyl groups excluding tert-OH is 1. The van der Waals surface area contributed by atoms with Crippen LogP contribution < -0.4 is 0 Å². The van der Waals surface area contributed by atoms with Crippen LogP contribution in [0.2, 0.25) is 0 Å². The molecule has 0 aromatic carbocycles. The zero-order chi connectivity index (χ0) is 12.8. The van der Waals surface area contributed by atoms with Crippen LogP contribution in [0.15, 0.2) is 0 Å². The van der Waals surface area contributed by atoms with E-state index in [9.17, 15) is 14.7 Å². The van der Waals surface area contributed by atoms with Gasteiger partial charge in [-0.1, -0.05) is 13.3 Å². The van der Waals surface area contributed by atoms with Crippen LogP contribution in [0.5, 0.6) is 0 Å². The topological polar surface area (TPSA) is 76.1 Å². The minimum atomic E-state index is -0.936. The maximum absolute atomic E-state index is 11.7. The normalized spacial score (nSPS) is 23.6. The number of unbranched alkanes of at least 4 members (excludes halogenated alkanes) is 1. The molecule has 2 unspecified atom stereocenters. The van der Waals surface area contributed by atoms with Crippen molar-refractivity contribution in [2.24, 2.45) is 0 Å². The standard InChI is InChI=1S/C11H19NO5/c1-3-4-7-17-11(15)12-6-5-8(13)9(12)10(14)16-2/h8-9,13H,3-7H2,1-2H3. The summed E-state index contributed by atoms with van der Waals surface area (Å²) in [6.07, 6.45) is 0.635. The zero-order valence-corrected chi connectivity index (χ0v) is 10.2. The number of carbonyl (C=O) groups excluding carboxylic acids is 2. The van der Waals surface area contributed by atoms with Gasteiger partial charge in [0.1, 0.15) is 0 Å². The fraction of sp³-hybridized carbons (Fsp3) is 0.818. The number of methoxy groups -OCH3 is 1. The van der Waals surface area contributed by atoms with Crippen LogP contribution >= 0.6 is 0 Å². The molecule has 1 amide bonds. The molecule has 1 fully saturated rings. The van der Waals surface area contributed by atoms with Crippen LogP contribution in [0.3, 0.4) is 0 Å². The van der Waals surface area contributed by atoms with E-state index in [-0.39, 0.29) is 0 Å². The van der Waals surface area contributed by atoms with E-state index in [4.69, 9.17) is 4.74 Å². The molecule has 0 bridgehead atoms. The molecular formula is C11H19NO5. The summed E-state index contributed by atoms with van der Waals surface area (Å²) < 4.78 is 9.57. The number of hydrogen-bond acceptors (Lipinski definition) is 5. The third-order valence-corrected chi connectivity index (χ3v) is 2.77. The Balaban J connectivity index is 2.56. The third-order valence-electron chi connectivity index (χ3n) is 2.77. The van der Waals surface area contributed by atoms with E-state index in [2.05, 4.69) is 4.74 Å². The Morgan fingerprint density at radius 1 is 1.47 bits per heavy atom. The predicted octanol–water partition coefficient (Wildman–Crippen LogP) is 0.531. The summed E-state index contributed by atoms with van der Waals surface area (Å²) in [6, 6.07) is -0.936. The van der Waals surface area contributed by atoms with Crippen molar-refractivity contribution in [1.82, 2.24) is 4.90 Å². The van der Waals surface area contributed by atoms with Crippen LogP contribution in [0.1, 0.15) is 26.2 Å². The van der Waals surface area contributed by atoms with Crippen LogP contribution in [-0.4, -0.2) is 54.5 Å². The van der Waals surface area contributed by atoms with E-state index >= 15 is 0 Å². The Kier molecular flexibility index (Phi) is 5.21. The van der Waals surface area contributed by atoms with Crippen molar-refractivity contribution in [1.29, 1.82) is 0 Å². The highest BCUT2D eigenvalue weighted by Gasteiger charge is 2.42. The first kappa shape index (κ1) is 13.8. The molecule has 0 aromatic rings. The minimum Gasteiger partial charge on any atom is -0.467 e. The number of hydrogen-bond donors (Lipinski definition) is 1. The number of ether oxygens (including phenoxy) is 2. The predicted molar refractivity (Wildman–Crippen MR) is 59.4 cm³/mol. The van der Waals surface area contributed by atoms with Gasteiger partial charge in [0.2, 0.25) is 0 Å². The number of carbonyl (C=O) groups is 2. The molecular weight excluding hydrogens is 226 g/mol. The molecule has 0 aromatic heterocycles. The van der Waals surface area contributed by atoms with Crippen molar-refractivity contribution < 1.29 is 24.2 Å². The maximum Gasteiger partial charge on any atom is 0.410 e. The summed E-state index contributed by atoms with van der Waals surface area (Å²) in [6.45, 7) is 2.63. The molecule has 17 heavy (non-hydrogen) atoms. The molecule has 6 heteroatoms. The number of nitrogens with zero attached hydrogens (tertiary/aromatic N) is 1. The van der Waals surface area contributed by atoms with Crippen LogP contribution in [0, 0.1) is 0 Å². The lowest BCUT2D eigenvalue weighted by Crippen LogP contribution is -2.45. The van der Waals surface area contributed by atoms with Gasteiger partial charge < -0.3 is 14.6 Å². The number of esters is 1. The van der Waals surface area contributed by atoms with Gasteiger partial charge in [-0.3, -0.25) is 4.90 Å². The lowest BCUT2D eigenvalue weighted by molar-refractivity contribution is -0.148. The quantitative estimate of drug-likeness (QED) is 0.577. The second kappa shape index (κ2) is 6.44. The summed E-state index contributed by atoms with van der Waals surface area (Å²) in [4.78, 5) is 24.3. The molecule has 1 saturated heterocycles. The van der Waals surface area contributed by atoms with E-state index in [1.54, 1.807) is 0 Å². The second-order valence-corrected chi connectivity index (χ2v) is 3.99. The Labute approximate surface area is 100 Å². The first-order valence-electron chi connectivity index (χ1n) is 5.81. The highest BCUT2D eigenvalue weighted by Crippen LogP contribution is 2.20. The molecule has 0 radical (unpaired) electrons. The first-order valence-corrected chi connectivity index (χ1v) is 5.81. The molecule has 1 N–H and O–H groups in total. The molecule has 98 valence electrons. The fourth-order valence-corrected chi connectivity index (χ4v) is 1.77. The molecule has 1 heterocycles. The average molecular weight is 245 g/mol. The summed E-state index contributed by atoms with van der Waals surface area (Å²) in [5.41, 5.74) is 0.